The highest BCUT2D eigenvalue weighted by atomic mass is 35.5. The molecular weight excluding hydrogens is 481 g/mol. The van der Waals surface area contributed by atoms with E-state index < -0.39 is 36.2 Å². The van der Waals surface area contributed by atoms with Gasteiger partial charge >= 0.3 is 5.97 Å². The van der Waals surface area contributed by atoms with Gasteiger partial charge in [-0.3, -0.25) is 29.6 Å². The zero-order valence-electron chi connectivity index (χ0n) is 16.8. The van der Waals surface area contributed by atoms with Gasteiger partial charge in [-0.2, -0.15) is 0 Å². The van der Waals surface area contributed by atoms with Crippen molar-refractivity contribution < 1.29 is 23.9 Å². The summed E-state index contributed by atoms with van der Waals surface area (Å²) in [6.45, 7) is 1.21. The molecule has 0 spiro atoms. The lowest BCUT2D eigenvalue weighted by atomic mass is 10.1. The first-order chi connectivity index (χ1) is 15.1. The third-order valence-electron chi connectivity index (χ3n) is 4.67. The van der Waals surface area contributed by atoms with E-state index in [9.17, 15) is 19.2 Å². The van der Waals surface area contributed by atoms with Crippen LogP contribution in [0.3, 0.4) is 0 Å². The Balaban J connectivity index is 1.50. The number of ether oxygens (including phenoxy) is 1. The molecule has 1 heterocycles. The van der Waals surface area contributed by atoms with Crippen LogP contribution in [0.1, 0.15) is 22.3 Å². The number of hydrazine groups is 1. The lowest BCUT2D eigenvalue weighted by Gasteiger charge is -2.18. The predicted octanol–water partition coefficient (Wildman–Crippen LogP) is 3.63. The molecule has 0 aromatic heterocycles. The van der Waals surface area contributed by atoms with E-state index in [1.165, 1.54) is 18.2 Å². The zero-order valence-corrected chi connectivity index (χ0v) is 19.1. The van der Waals surface area contributed by atoms with Gasteiger partial charge in [0.2, 0.25) is 5.91 Å². The molecule has 0 saturated carbocycles. The summed E-state index contributed by atoms with van der Waals surface area (Å²) < 4.78 is 5.02. The molecule has 2 aromatic carbocycles. The Hall–Kier alpha value is -2.81. The fraction of sp³-hybridized carbons (Fsp3) is 0.238. The number of aryl methyl sites for hydroxylation is 1. The lowest BCUT2D eigenvalue weighted by Crippen LogP contribution is -2.43. The number of carbonyl (C=O) groups is 4. The highest BCUT2D eigenvalue weighted by Crippen LogP contribution is 2.23. The SMILES string of the molecule is Cc1ccc(NC(=O)COC(=O)[C@H]2CC(=O)N(NC(=O)c3ccc(Cl)cc3Cl)C2)cc1Cl. The van der Waals surface area contributed by atoms with E-state index in [2.05, 4.69) is 10.7 Å². The van der Waals surface area contributed by atoms with Gasteiger partial charge in [0.05, 0.1) is 23.0 Å². The first-order valence-electron chi connectivity index (χ1n) is 9.43. The van der Waals surface area contributed by atoms with Crippen molar-refractivity contribution in [1.82, 2.24) is 10.4 Å². The number of halogens is 3. The van der Waals surface area contributed by atoms with Crippen molar-refractivity contribution in [3.05, 3.63) is 62.6 Å². The molecule has 1 saturated heterocycles. The number of nitrogens with zero attached hydrogens (tertiary/aromatic N) is 1. The molecule has 3 amide bonds. The molecule has 2 aromatic rings. The molecule has 3 rings (SSSR count). The molecule has 1 atom stereocenters. The normalized spacial score (nSPS) is 15.4. The summed E-state index contributed by atoms with van der Waals surface area (Å²) in [7, 11) is 0. The smallest absolute Gasteiger partial charge is 0.311 e. The fourth-order valence-corrected chi connectivity index (χ4v) is 3.63. The third kappa shape index (κ3) is 5.91. The Kier molecular flexibility index (Phi) is 7.60. The maximum absolute atomic E-state index is 12.4. The van der Waals surface area contributed by atoms with Crippen LogP contribution in [0.15, 0.2) is 36.4 Å². The van der Waals surface area contributed by atoms with Crippen LogP contribution < -0.4 is 10.7 Å². The molecule has 2 N–H and O–H groups in total. The minimum Gasteiger partial charge on any atom is -0.455 e. The van der Waals surface area contributed by atoms with Gasteiger partial charge < -0.3 is 10.1 Å². The molecule has 11 heteroatoms. The van der Waals surface area contributed by atoms with Gasteiger partial charge in [-0.25, -0.2) is 0 Å². The van der Waals surface area contributed by atoms with Crippen molar-refractivity contribution in [3.8, 4) is 0 Å². The average molecular weight is 499 g/mol. The lowest BCUT2D eigenvalue weighted by molar-refractivity contribution is -0.151. The second-order valence-electron chi connectivity index (χ2n) is 7.09. The van der Waals surface area contributed by atoms with E-state index >= 15 is 0 Å². The van der Waals surface area contributed by atoms with Crippen molar-refractivity contribution >= 4 is 64.2 Å². The van der Waals surface area contributed by atoms with Gasteiger partial charge in [0.15, 0.2) is 6.61 Å². The number of esters is 1. The number of rotatable bonds is 6. The topological polar surface area (TPSA) is 105 Å². The van der Waals surface area contributed by atoms with Crippen LogP contribution in [0.2, 0.25) is 15.1 Å². The summed E-state index contributed by atoms with van der Waals surface area (Å²) in [6, 6.07) is 9.31. The Bertz CT molecular complexity index is 1090. The van der Waals surface area contributed by atoms with Gasteiger partial charge in [0, 0.05) is 22.2 Å². The average Bonchev–Trinajstić information content (AvgIpc) is 3.09. The first-order valence-corrected chi connectivity index (χ1v) is 10.6. The van der Waals surface area contributed by atoms with E-state index in [-0.39, 0.29) is 23.6 Å². The third-order valence-corrected chi connectivity index (χ3v) is 5.63. The van der Waals surface area contributed by atoms with Crippen LogP contribution in [0, 0.1) is 12.8 Å². The molecule has 32 heavy (non-hydrogen) atoms. The Morgan fingerprint density at radius 1 is 1.09 bits per heavy atom. The molecule has 8 nitrogen and oxygen atoms in total. The minimum absolute atomic E-state index is 0.0934. The summed E-state index contributed by atoms with van der Waals surface area (Å²) in [5.74, 6) is -3.19. The van der Waals surface area contributed by atoms with Crippen LogP contribution in [0.5, 0.6) is 0 Å². The van der Waals surface area contributed by atoms with E-state index in [1.54, 1.807) is 18.2 Å². The van der Waals surface area contributed by atoms with Crippen LogP contribution in [-0.4, -0.2) is 41.9 Å². The molecule has 0 radical (unpaired) electrons. The largest absolute Gasteiger partial charge is 0.455 e. The minimum atomic E-state index is -0.829. The Morgan fingerprint density at radius 2 is 1.84 bits per heavy atom. The molecule has 1 aliphatic heterocycles. The maximum Gasteiger partial charge on any atom is 0.311 e. The van der Waals surface area contributed by atoms with Gasteiger partial charge in [0.1, 0.15) is 0 Å². The number of hydrogen-bond donors (Lipinski definition) is 2. The zero-order chi connectivity index (χ0) is 23.4. The summed E-state index contributed by atoms with van der Waals surface area (Å²) in [6.07, 6.45) is -0.164. The fourth-order valence-electron chi connectivity index (χ4n) is 2.95. The highest BCUT2D eigenvalue weighted by molar-refractivity contribution is 6.36. The number of hydrogen-bond acceptors (Lipinski definition) is 5. The van der Waals surface area contributed by atoms with E-state index in [0.717, 1.165) is 10.6 Å². The molecule has 0 bridgehead atoms. The van der Waals surface area contributed by atoms with Crippen molar-refractivity contribution in [1.29, 1.82) is 0 Å². The number of amides is 3. The van der Waals surface area contributed by atoms with Crippen molar-refractivity contribution in [2.45, 2.75) is 13.3 Å². The standard InChI is InChI=1S/C21H18Cl3N3O5/c1-11-2-4-14(8-16(11)23)25-18(28)10-32-21(31)12-6-19(29)27(9-12)26-20(30)15-5-3-13(22)7-17(15)24/h2-5,7-8,12H,6,9-10H2,1H3,(H,25,28)(H,26,30)/t12-/m0/s1. The summed E-state index contributed by atoms with van der Waals surface area (Å²) in [5, 5.41) is 4.57. The van der Waals surface area contributed by atoms with Crippen molar-refractivity contribution in [3.63, 3.8) is 0 Å². The predicted molar refractivity (Wildman–Crippen MR) is 120 cm³/mol. The monoisotopic (exact) mass is 497 g/mol. The van der Waals surface area contributed by atoms with Crippen molar-refractivity contribution in [2.24, 2.45) is 5.92 Å². The second kappa shape index (κ2) is 10.2. The Labute approximate surface area is 198 Å². The number of anilines is 1. The van der Waals surface area contributed by atoms with Gasteiger partial charge in [-0.1, -0.05) is 40.9 Å². The van der Waals surface area contributed by atoms with Gasteiger partial charge in [-0.05, 0) is 42.8 Å². The molecule has 0 aliphatic carbocycles. The van der Waals surface area contributed by atoms with Crippen LogP contribution in [-0.2, 0) is 19.1 Å². The van der Waals surface area contributed by atoms with E-state index in [4.69, 9.17) is 39.5 Å². The summed E-state index contributed by atoms with van der Waals surface area (Å²) in [5.41, 5.74) is 3.87. The summed E-state index contributed by atoms with van der Waals surface area (Å²) in [4.78, 5) is 48.9. The molecule has 168 valence electrons. The van der Waals surface area contributed by atoms with Gasteiger partial charge in [-0.15, -0.1) is 0 Å². The number of carbonyl (C=O) groups excluding carboxylic acids is 4. The number of nitrogens with one attached hydrogen (secondary N) is 2. The molecule has 1 fully saturated rings. The quantitative estimate of drug-likeness (QED) is 0.592. The number of benzene rings is 2. The van der Waals surface area contributed by atoms with Crippen LogP contribution in [0.25, 0.3) is 0 Å². The molecule has 0 unspecified atom stereocenters. The van der Waals surface area contributed by atoms with Crippen molar-refractivity contribution in [2.75, 3.05) is 18.5 Å². The van der Waals surface area contributed by atoms with E-state index in [0.29, 0.717) is 15.7 Å². The van der Waals surface area contributed by atoms with Crippen LogP contribution >= 0.6 is 34.8 Å². The first kappa shape index (κ1) is 23.8. The highest BCUT2D eigenvalue weighted by Gasteiger charge is 2.37. The maximum atomic E-state index is 12.4. The Morgan fingerprint density at radius 3 is 2.53 bits per heavy atom. The van der Waals surface area contributed by atoms with E-state index in [1.807, 2.05) is 6.92 Å². The molecule has 1 aliphatic rings. The molecular formula is C21H18Cl3N3O5. The van der Waals surface area contributed by atoms with Gasteiger partial charge in [0.25, 0.3) is 11.8 Å². The van der Waals surface area contributed by atoms with Crippen LogP contribution in [0.4, 0.5) is 5.69 Å². The summed E-state index contributed by atoms with van der Waals surface area (Å²) >= 11 is 17.8. The second-order valence-corrected chi connectivity index (χ2v) is 8.34.